The fourth-order valence-electron chi connectivity index (χ4n) is 3.41. The van der Waals surface area contributed by atoms with Crippen LogP contribution in [0.2, 0.25) is 5.02 Å². The van der Waals surface area contributed by atoms with E-state index in [0.717, 1.165) is 29.1 Å². The minimum absolute atomic E-state index is 0.343. The summed E-state index contributed by atoms with van der Waals surface area (Å²) >= 11 is 9.70. The highest BCUT2D eigenvalue weighted by Crippen LogP contribution is 2.34. The smallest absolute Gasteiger partial charge is 0.0568 e. The Hall–Kier alpha value is -0.250. The molecule has 0 atom stereocenters. The van der Waals surface area contributed by atoms with Crippen LogP contribution in [0.1, 0.15) is 32.1 Å². The van der Waals surface area contributed by atoms with Crippen LogP contribution in [0.4, 0.5) is 5.69 Å². The zero-order valence-corrected chi connectivity index (χ0v) is 13.4. The first kappa shape index (κ1) is 13.7. The van der Waals surface area contributed by atoms with Gasteiger partial charge in [-0.25, -0.2) is 0 Å². The predicted octanol–water partition coefficient (Wildman–Crippen LogP) is 4.22. The number of halogens is 2. The van der Waals surface area contributed by atoms with Gasteiger partial charge in [0.15, 0.2) is 0 Å². The van der Waals surface area contributed by atoms with E-state index in [-0.39, 0.29) is 0 Å². The molecule has 1 aromatic rings. The first-order valence-electron chi connectivity index (χ1n) is 7.14. The lowest BCUT2D eigenvalue weighted by Gasteiger charge is -2.34. The number of hydrogen-bond acceptors (Lipinski definition) is 2. The summed E-state index contributed by atoms with van der Waals surface area (Å²) in [4.78, 5) is 2.50. The number of hydrogen-bond donors (Lipinski definition) is 1. The topological polar surface area (TPSA) is 15.3 Å². The summed E-state index contributed by atoms with van der Waals surface area (Å²) in [7, 11) is 0. The molecule has 1 aromatic carbocycles. The van der Waals surface area contributed by atoms with E-state index in [1.165, 1.54) is 37.8 Å². The first-order valence-corrected chi connectivity index (χ1v) is 8.31. The number of nitrogens with zero attached hydrogens (tertiary/aromatic N) is 1. The fraction of sp³-hybridized carbons (Fsp3) is 0.600. The summed E-state index contributed by atoms with van der Waals surface area (Å²) in [5.74, 6) is 0. The molecule has 1 heterocycles. The lowest BCUT2D eigenvalue weighted by atomic mass is 9.97. The molecule has 1 aliphatic carbocycles. The van der Waals surface area contributed by atoms with Crippen molar-refractivity contribution in [3.8, 4) is 0 Å². The van der Waals surface area contributed by atoms with E-state index < -0.39 is 0 Å². The Morgan fingerprint density at radius 3 is 2.74 bits per heavy atom. The van der Waals surface area contributed by atoms with Gasteiger partial charge in [-0.05, 0) is 59.9 Å². The molecule has 2 nitrogen and oxygen atoms in total. The summed E-state index contributed by atoms with van der Waals surface area (Å²) in [5.41, 5.74) is 1.60. The molecule has 0 radical (unpaired) electrons. The Morgan fingerprint density at radius 1 is 1.21 bits per heavy atom. The summed E-state index contributed by atoms with van der Waals surface area (Å²) < 4.78 is 0.974. The molecule has 1 spiro atoms. The van der Waals surface area contributed by atoms with Crippen LogP contribution in [-0.2, 0) is 0 Å². The SMILES string of the molecule is Clc1cc(N2CCCNC3(CCCC3)C2)ccc1Br. The summed E-state index contributed by atoms with van der Waals surface area (Å²) in [6.07, 6.45) is 6.56. The molecule has 1 N–H and O–H groups in total. The maximum absolute atomic E-state index is 6.24. The lowest BCUT2D eigenvalue weighted by Crippen LogP contribution is -2.49. The van der Waals surface area contributed by atoms with Gasteiger partial charge < -0.3 is 10.2 Å². The van der Waals surface area contributed by atoms with E-state index >= 15 is 0 Å². The molecule has 1 saturated heterocycles. The summed E-state index contributed by atoms with van der Waals surface area (Å²) in [6.45, 7) is 3.37. The van der Waals surface area contributed by atoms with Crippen LogP contribution in [-0.4, -0.2) is 25.2 Å². The average molecular weight is 344 g/mol. The fourth-order valence-corrected chi connectivity index (χ4v) is 3.83. The van der Waals surface area contributed by atoms with Gasteiger partial charge in [0.1, 0.15) is 0 Å². The Kier molecular flexibility index (Phi) is 4.06. The number of nitrogens with one attached hydrogen (secondary N) is 1. The molecule has 0 amide bonds. The predicted molar refractivity (Wildman–Crippen MR) is 85.2 cm³/mol. The third kappa shape index (κ3) is 2.93. The van der Waals surface area contributed by atoms with Gasteiger partial charge in [0, 0.05) is 28.8 Å². The van der Waals surface area contributed by atoms with Crippen LogP contribution < -0.4 is 10.2 Å². The van der Waals surface area contributed by atoms with E-state index in [9.17, 15) is 0 Å². The monoisotopic (exact) mass is 342 g/mol. The Labute approximate surface area is 128 Å². The van der Waals surface area contributed by atoms with Crippen LogP contribution >= 0.6 is 27.5 Å². The van der Waals surface area contributed by atoms with Gasteiger partial charge in [0.05, 0.1) is 5.02 Å². The van der Waals surface area contributed by atoms with Crippen LogP contribution in [0, 0.1) is 0 Å². The van der Waals surface area contributed by atoms with Gasteiger partial charge in [-0.2, -0.15) is 0 Å². The summed E-state index contributed by atoms with van der Waals surface area (Å²) in [5, 5.41) is 4.60. The van der Waals surface area contributed by atoms with Crippen molar-refractivity contribution >= 4 is 33.2 Å². The van der Waals surface area contributed by atoms with E-state index in [0.29, 0.717) is 5.54 Å². The van der Waals surface area contributed by atoms with Gasteiger partial charge >= 0.3 is 0 Å². The van der Waals surface area contributed by atoms with Crippen molar-refractivity contribution in [1.29, 1.82) is 0 Å². The highest BCUT2D eigenvalue weighted by atomic mass is 79.9. The number of anilines is 1. The van der Waals surface area contributed by atoms with Gasteiger partial charge in [-0.15, -0.1) is 0 Å². The minimum atomic E-state index is 0.343. The third-order valence-electron chi connectivity index (χ3n) is 4.43. The molecule has 4 heteroatoms. The minimum Gasteiger partial charge on any atom is -0.370 e. The molecular formula is C15H20BrClN2. The Balaban J connectivity index is 1.84. The van der Waals surface area contributed by atoms with Crippen LogP contribution in [0.15, 0.2) is 22.7 Å². The quantitative estimate of drug-likeness (QED) is 0.821. The number of benzene rings is 1. The second-order valence-corrected chi connectivity index (χ2v) is 7.05. The average Bonchev–Trinajstić information content (AvgIpc) is 2.74. The highest BCUT2D eigenvalue weighted by Gasteiger charge is 2.36. The molecule has 0 aromatic heterocycles. The molecule has 1 aliphatic heterocycles. The van der Waals surface area contributed by atoms with E-state index in [1.54, 1.807) is 0 Å². The zero-order valence-electron chi connectivity index (χ0n) is 11.1. The van der Waals surface area contributed by atoms with Crippen LogP contribution in [0.25, 0.3) is 0 Å². The van der Waals surface area contributed by atoms with Gasteiger partial charge in [-0.1, -0.05) is 24.4 Å². The molecule has 1 saturated carbocycles. The highest BCUT2D eigenvalue weighted by molar-refractivity contribution is 9.10. The van der Waals surface area contributed by atoms with E-state index in [1.807, 2.05) is 0 Å². The van der Waals surface area contributed by atoms with E-state index in [2.05, 4.69) is 44.3 Å². The van der Waals surface area contributed by atoms with Crippen molar-refractivity contribution in [1.82, 2.24) is 5.32 Å². The van der Waals surface area contributed by atoms with Crippen molar-refractivity contribution in [3.05, 3.63) is 27.7 Å². The lowest BCUT2D eigenvalue weighted by molar-refractivity contribution is 0.354. The van der Waals surface area contributed by atoms with E-state index in [4.69, 9.17) is 11.6 Å². The van der Waals surface area contributed by atoms with Gasteiger partial charge in [-0.3, -0.25) is 0 Å². The maximum Gasteiger partial charge on any atom is 0.0568 e. The van der Waals surface area contributed by atoms with Crippen molar-refractivity contribution in [2.75, 3.05) is 24.5 Å². The molecule has 19 heavy (non-hydrogen) atoms. The normalized spacial score (nSPS) is 22.7. The largest absolute Gasteiger partial charge is 0.370 e. The third-order valence-corrected chi connectivity index (χ3v) is 5.66. The van der Waals surface area contributed by atoms with Crippen molar-refractivity contribution in [3.63, 3.8) is 0 Å². The molecule has 0 unspecified atom stereocenters. The molecule has 0 bridgehead atoms. The van der Waals surface area contributed by atoms with Crippen LogP contribution in [0.3, 0.4) is 0 Å². The van der Waals surface area contributed by atoms with Gasteiger partial charge in [0.25, 0.3) is 0 Å². The molecule has 104 valence electrons. The number of rotatable bonds is 1. The summed E-state index contributed by atoms with van der Waals surface area (Å²) in [6, 6.07) is 6.31. The zero-order chi connectivity index (χ0) is 13.3. The van der Waals surface area contributed by atoms with Crippen molar-refractivity contribution < 1.29 is 0 Å². The van der Waals surface area contributed by atoms with Gasteiger partial charge in [0.2, 0.25) is 0 Å². The molecule has 3 rings (SSSR count). The Morgan fingerprint density at radius 2 is 2.00 bits per heavy atom. The molecule has 2 fully saturated rings. The molecule has 2 aliphatic rings. The van der Waals surface area contributed by atoms with Crippen molar-refractivity contribution in [2.24, 2.45) is 0 Å². The second-order valence-electron chi connectivity index (χ2n) is 5.79. The first-order chi connectivity index (χ1) is 9.19. The standard InChI is InChI=1S/C15H20BrClN2/c16-13-5-4-12(10-14(13)17)19-9-3-8-18-15(11-19)6-1-2-7-15/h4-5,10,18H,1-3,6-9,11H2. The molecular weight excluding hydrogens is 324 g/mol. The van der Waals surface area contributed by atoms with Crippen molar-refractivity contribution in [2.45, 2.75) is 37.6 Å². The van der Waals surface area contributed by atoms with Crippen LogP contribution in [0.5, 0.6) is 0 Å². The second kappa shape index (κ2) is 5.63. The Bertz CT molecular complexity index is 457. The maximum atomic E-state index is 6.24.